The Bertz CT molecular complexity index is 403. The fraction of sp³-hybridized carbons (Fsp3) is 0.529. The summed E-state index contributed by atoms with van der Waals surface area (Å²) in [4.78, 5) is 0. The van der Waals surface area contributed by atoms with E-state index in [4.69, 9.17) is 10.6 Å². The quantitative estimate of drug-likeness (QED) is 0.473. The van der Waals surface area contributed by atoms with Crippen molar-refractivity contribution in [3.05, 3.63) is 42.0 Å². The average Bonchev–Trinajstić information content (AvgIpc) is 2.45. The third-order valence-electron chi connectivity index (χ3n) is 3.89. The molecule has 3 nitrogen and oxygen atoms in total. The van der Waals surface area contributed by atoms with Crippen LogP contribution in [-0.2, 0) is 0 Å². The molecule has 0 spiro atoms. The lowest BCUT2D eigenvalue weighted by Gasteiger charge is -2.21. The summed E-state index contributed by atoms with van der Waals surface area (Å²) in [6.45, 7) is 0.691. The lowest BCUT2D eigenvalue weighted by molar-refractivity contribution is 0.292. The fourth-order valence-electron chi connectivity index (χ4n) is 2.72. The summed E-state index contributed by atoms with van der Waals surface area (Å²) < 4.78 is 5.76. The molecule has 2 rings (SSSR count). The highest BCUT2D eigenvalue weighted by Crippen LogP contribution is 2.21. The third-order valence-corrected chi connectivity index (χ3v) is 3.89. The van der Waals surface area contributed by atoms with Gasteiger partial charge in [0.25, 0.3) is 0 Å². The normalized spacial score (nSPS) is 20.4. The maximum absolute atomic E-state index is 5.76. The second-order valence-electron chi connectivity index (χ2n) is 5.40. The average molecular weight is 274 g/mol. The van der Waals surface area contributed by atoms with Gasteiger partial charge >= 0.3 is 0 Å². The van der Waals surface area contributed by atoms with Crippen LogP contribution >= 0.6 is 0 Å². The Morgan fingerprint density at radius 1 is 1.10 bits per heavy atom. The molecule has 1 aliphatic rings. The van der Waals surface area contributed by atoms with Crippen molar-refractivity contribution in [1.29, 1.82) is 0 Å². The summed E-state index contributed by atoms with van der Waals surface area (Å²) in [5.74, 6) is 6.65. The van der Waals surface area contributed by atoms with Crippen molar-refractivity contribution in [2.75, 3.05) is 6.61 Å². The molecular formula is C17H26N2O. The molecule has 20 heavy (non-hydrogen) atoms. The van der Waals surface area contributed by atoms with Crippen LogP contribution in [0.15, 0.2) is 42.0 Å². The molecule has 1 aromatic carbocycles. The van der Waals surface area contributed by atoms with Crippen LogP contribution in [0.2, 0.25) is 0 Å². The second kappa shape index (κ2) is 8.77. The summed E-state index contributed by atoms with van der Waals surface area (Å²) in [5.41, 5.74) is 4.42. The maximum atomic E-state index is 5.76. The summed E-state index contributed by atoms with van der Waals surface area (Å²) in [5, 5.41) is 0. The van der Waals surface area contributed by atoms with Crippen molar-refractivity contribution in [3.8, 4) is 5.75 Å². The molecule has 0 fully saturated rings. The lowest BCUT2D eigenvalue weighted by atomic mass is 9.94. The van der Waals surface area contributed by atoms with Gasteiger partial charge in [-0.15, -0.1) is 0 Å². The molecule has 0 saturated carbocycles. The Hall–Kier alpha value is -1.32. The number of benzene rings is 1. The van der Waals surface area contributed by atoms with Gasteiger partial charge in [0.15, 0.2) is 0 Å². The first-order valence-electron chi connectivity index (χ1n) is 7.73. The maximum Gasteiger partial charge on any atom is 0.119 e. The van der Waals surface area contributed by atoms with Crippen molar-refractivity contribution in [2.45, 2.75) is 51.0 Å². The minimum Gasteiger partial charge on any atom is -0.494 e. The van der Waals surface area contributed by atoms with Crippen molar-refractivity contribution >= 4 is 0 Å². The van der Waals surface area contributed by atoms with Gasteiger partial charge in [0.2, 0.25) is 0 Å². The fourth-order valence-corrected chi connectivity index (χ4v) is 2.72. The first kappa shape index (κ1) is 15.1. The standard InChI is InChI=1S/C17H26N2O/c18-19-17(15-9-5-2-1-3-6-10-15)13-14-20-16-11-7-4-8-12-16/h4,7-9,11-12,17,19H,1-3,5-6,10,13-14,18H2/b15-9+. The summed E-state index contributed by atoms with van der Waals surface area (Å²) in [7, 11) is 0. The van der Waals surface area contributed by atoms with Gasteiger partial charge in [-0.1, -0.05) is 42.7 Å². The van der Waals surface area contributed by atoms with Gasteiger partial charge < -0.3 is 4.74 Å². The first-order valence-corrected chi connectivity index (χ1v) is 7.73. The molecular weight excluding hydrogens is 248 g/mol. The van der Waals surface area contributed by atoms with Crippen LogP contribution in [0.1, 0.15) is 44.9 Å². The number of hydrogen-bond donors (Lipinski definition) is 2. The molecule has 3 heteroatoms. The van der Waals surface area contributed by atoms with E-state index in [-0.39, 0.29) is 6.04 Å². The molecule has 0 radical (unpaired) electrons. The molecule has 0 bridgehead atoms. The third kappa shape index (κ3) is 4.99. The van der Waals surface area contributed by atoms with Gasteiger partial charge in [0, 0.05) is 12.5 Å². The first-order chi connectivity index (χ1) is 9.90. The van der Waals surface area contributed by atoms with E-state index in [2.05, 4.69) is 11.5 Å². The van der Waals surface area contributed by atoms with Crippen LogP contribution in [0, 0.1) is 0 Å². The smallest absolute Gasteiger partial charge is 0.119 e. The molecule has 1 atom stereocenters. The lowest BCUT2D eigenvalue weighted by Crippen LogP contribution is -2.38. The van der Waals surface area contributed by atoms with E-state index >= 15 is 0 Å². The van der Waals surface area contributed by atoms with Crippen LogP contribution in [-0.4, -0.2) is 12.6 Å². The van der Waals surface area contributed by atoms with Crippen molar-refractivity contribution in [1.82, 2.24) is 5.43 Å². The van der Waals surface area contributed by atoms with Crippen LogP contribution in [0.3, 0.4) is 0 Å². The summed E-state index contributed by atoms with van der Waals surface area (Å²) >= 11 is 0. The molecule has 0 saturated heterocycles. The van der Waals surface area contributed by atoms with E-state index in [1.54, 1.807) is 0 Å². The largest absolute Gasteiger partial charge is 0.494 e. The van der Waals surface area contributed by atoms with Crippen molar-refractivity contribution in [2.24, 2.45) is 5.84 Å². The molecule has 110 valence electrons. The number of hydrazine groups is 1. The van der Waals surface area contributed by atoms with Crippen LogP contribution in [0.25, 0.3) is 0 Å². The predicted octanol–water partition coefficient (Wildman–Crippen LogP) is 3.57. The molecule has 0 aliphatic heterocycles. The van der Waals surface area contributed by atoms with Gasteiger partial charge in [-0.05, 0) is 37.8 Å². The zero-order valence-electron chi connectivity index (χ0n) is 12.2. The molecule has 3 N–H and O–H groups in total. The second-order valence-corrected chi connectivity index (χ2v) is 5.40. The van der Waals surface area contributed by atoms with E-state index in [1.165, 1.54) is 44.1 Å². The van der Waals surface area contributed by atoms with Gasteiger partial charge in [-0.2, -0.15) is 0 Å². The minimum atomic E-state index is 0.247. The minimum absolute atomic E-state index is 0.247. The van der Waals surface area contributed by atoms with Gasteiger partial charge in [-0.3, -0.25) is 11.3 Å². The van der Waals surface area contributed by atoms with E-state index in [9.17, 15) is 0 Å². The molecule has 1 aliphatic carbocycles. The van der Waals surface area contributed by atoms with Gasteiger partial charge in [0.1, 0.15) is 5.75 Å². The van der Waals surface area contributed by atoms with Gasteiger partial charge in [-0.25, -0.2) is 0 Å². The number of hydrogen-bond acceptors (Lipinski definition) is 3. The van der Waals surface area contributed by atoms with Gasteiger partial charge in [0.05, 0.1) is 6.61 Å². The molecule has 0 amide bonds. The topological polar surface area (TPSA) is 47.3 Å². The van der Waals surface area contributed by atoms with Crippen LogP contribution in [0.4, 0.5) is 0 Å². The van der Waals surface area contributed by atoms with Crippen molar-refractivity contribution < 1.29 is 4.74 Å². The van der Waals surface area contributed by atoms with Crippen molar-refractivity contribution in [3.63, 3.8) is 0 Å². The highest BCUT2D eigenvalue weighted by atomic mass is 16.5. The molecule has 0 aromatic heterocycles. The van der Waals surface area contributed by atoms with E-state index in [1.807, 2.05) is 30.3 Å². The zero-order chi connectivity index (χ0) is 14.0. The predicted molar refractivity (Wildman–Crippen MR) is 83.5 cm³/mol. The Kier molecular flexibility index (Phi) is 6.61. The Labute approximate surface area is 122 Å². The SMILES string of the molecule is NNC(CCOc1ccccc1)/C1=C/CCCCCC1. The summed E-state index contributed by atoms with van der Waals surface area (Å²) in [6.07, 6.45) is 10.9. The molecule has 0 heterocycles. The monoisotopic (exact) mass is 274 g/mol. The molecule has 1 aromatic rings. The van der Waals surface area contributed by atoms with E-state index in [0.29, 0.717) is 6.61 Å². The van der Waals surface area contributed by atoms with Crippen LogP contribution in [0.5, 0.6) is 5.75 Å². The van der Waals surface area contributed by atoms with E-state index in [0.717, 1.165) is 12.2 Å². The highest BCUT2D eigenvalue weighted by Gasteiger charge is 2.13. The number of ether oxygens (including phenoxy) is 1. The van der Waals surface area contributed by atoms with E-state index < -0.39 is 0 Å². The Morgan fingerprint density at radius 2 is 1.90 bits per heavy atom. The highest BCUT2D eigenvalue weighted by molar-refractivity contribution is 5.21. The number of allylic oxidation sites excluding steroid dienone is 1. The Morgan fingerprint density at radius 3 is 2.70 bits per heavy atom. The Balaban J connectivity index is 1.81. The van der Waals surface area contributed by atoms with Crippen LogP contribution < -0.4 is 16.0 Å². The summed E-state index contributed by atoms with van der Waals surface area (Å²) in [6, 6.07) is 10.2. The number of nitrogens with one attached hydrogen (secondary N) is 1. The number of para-hydroxylation sites is 1. The number of rotatable bonds is 6. The molecule has 1 unspecified atom stereocenters. The number of nitrogens with two attached hydrogens (primary N) is 1. The zero-order valence-corrected chi connectivity index (χ0v) is 12.2.